The van der Waals surface area contributed by atoms with Gasteiger partial charge in [-0.1, -0.05) is 24.3 Å². The molecule has 0 saturated heterocycles. The van der Waals surface area contributed by atoms with Crippen molar-refractivity contribution in [2.75, 3.05) is 11.5 Å². The molecule has 4 nitrogen and oxygen atoms in total. The van der Waals surface area contributed by atoms with Crippen LogP contribution in [0, 0.1) is 0 Å². The van der Waals surface area contributed by atoms with Crippen LogP contribution in [0.4, 0.5) is 10.5 Å². The molecule has 2 aromatic rings. The van der Waals surface area contributed by atoms with Crippen LogP contribution in [0.25, 0.3) is 11.3 Å². The van der Waals surface area contributed by atoms with Crippen molar-refractivity contribution in [2.24, 2.45) is 0 Å². The highest BCUT2D eigenvalue weighted by Crippen LogP contribution is 2.39. The van der Waals surface area contributed by atoms with E-state index >= 15 is 0 Å². The standard InChI is InChI=1S/C14H13NO3/c1-2-17-14(16)15-9-10-5-3-4-6-11(10)13-12(15)7-8-18-13/h3-8H,2,9H2,1H3. The summed E-state index contributed by atoms with van der Waals surface area (Å²) in [6.07, 6.45) is 1.26. The molecular formula is C14H13NO3. The second-order valence-corrected chi connectivity index (χ2v) is 4.08. The molecule has 0 N–H and O–H groups in total. The Labute approximate surface area is 105 Å². The molecule has 0 atom stereocenters. The van der Waals surface area contributed by atoms with Crippen molar-refractivity contribution in [3.63, 3.8) is 0 Å². The van der Waals surface area contributed by atoms with Crippen LogP contribution < -0.4 is 4.90 Å². The number of hydrogen-bond acceptors (Lipinski definition) is 3. The molecule has 1 aromatic heterocycles. The quantitative estimate of drug-likeness (QED) is 0.770. The molecule has 92 valence electrons. The Morgan fingerprint density at radius 2 is 2.22 bits per heavy atom. The normalized spacial score (nSPS) is 12.8. The fourth-order valence-electron chi connectivity index (χ4n) is 2.22. The van der Waals surface area contributed by atoms with Gasteiger partial charge in [0.2, 0.25) is 0 Å². The van der Waals surface area contributed by atoms with Crippen LogP contribution in [0.3, 0.4) is 0 Å². The van der Waals surface area contributed by atoms with Gasteiger partial charge in [0.15, 0.2) is 5.76 Å². The number of benzene rings is 1. The summed E-state index contributed by atoms with van der Waals surface area (Å²) in [7, 11) is 0. The number of carbonyl (C=O) groups is 1. The van der Waals surface area contributed by atoms with E-state index in [1.54, 1.807) is 24.2 Å². The number of rotatable bonds is 1. The first kappa shape index (κ1) is 10.9. The highest BCUT2D eigenvalue weighted by atomic mass is 16.6. The average molecular weight is 243 g/mol. The Hall–Kier alpha value is -2.23. The minimum absolute atomic E-state index is 0.338. The molecule has 0 spiro atoms. The Morgan fingerprint density at radius 1 is 1.39 bits per heavy atom. The molecule has 1 aliphatic heterocycles. The minimum atomic E-state index is -0.338. The van der Waals surface area contributed by atoms with Crippen LogP contribution in [-0.2, 0) is 11.3 Å². The van der Waals surface area contributed by atoms with Crippen LogP contribution in [0.15, 0.2) is 41.0 Å². The van der Waals surface area contributed by atoms with Crippen molar-refractivity contribution in [3.05, 3.63) is 42.2 Å². The average Bonchev–Trinajstić information content (AvgIpc) is 2.87. The molecule has 18 heavy (non-hydrogen) atoms. The molecule has 3 rings (SSSR count). The summed E-state index contributed by atoms with van der Waals surface area (Å²) in [6, 6.07) is 9.70. The van der Waals surface area contributed by atoms with Gasteiger partial charge in [0, 0.05) is 11.6 Å². The number of anilines is 1. The zero-order chi connectivity index (χ0) is 12.5. The fraction of sp³-hybridized carbons (Fsp3) is 0.214. The molecule has 0 fully saturated rings. The van der Waals surface area contributed by atoms with E-state index in [-0.39, 0.29) is 6.09 Å². The lowest BCUT2D eigenvalue weighted by Gasteiger charge is -2.26. The zero-order valence-corrected chi connectivity index (χ0v) is 10.1. The lowest BCUT2D eigenvalue weighted by molar-refractivity contribution is 0.159. The molecule has 2 heterocycles. The molecule has 0 unspecified atom stereocenters. The predicted octanol–water partition coefficient (Wildman–Crippen LogP) is 3.42. The van der Waals surface area contributed by atoms with Gasteiger partial charge >= 0.3 is 6.09 Å². The number of nitrogens with zero attached hydrogens (tertiary/aromatic N) is 1. The lowest BCUT2D eigenvalue weighted by atomic mass is 10.00. The van der Waals surface area contributed by atoms with Crippen LogP contribution in [0.5, 0.6) is 0 Å². The van der Waals surface area contributed by atoms with Crippen molar-refractivity contribution >= 4 is 11.8 Å². The third-order valence-electron chi connectivity index (χ3n) is 3.01. The number of amides is 1. The van der Waals surface area contributed by atoms with Crippen molar-refractivity contribution in [1.82, 2.24) is 0 Å². The van der Waals surface area contributed by atoms with Gasteiger partial charge in [0.1, 0.15) is 0 Å². The molecule has 1 amide bonds. The largest absolute Gasteiger partial charge is 0.462 e. The highest BCUT2D eigenvalue weighted by Gasteiger charge is 2.29. The Bertz CT molecular complexity index is 588. The summed E-state index contributed by atoms with van der Waals surface area (Å²) in [4.78, 5) is 13.5. The molecule has 1 aromatic carbocycles. The highest BCUT2D eigenvalue weighted by molar-refractivity contribution is 5.95. The van der Waals surface area contributed by atoms with Crippen LogP contribution in [0.1, 0.15) is 12.5 Å². The molecular weight excluding hydrogens is 230 g/mol. The summed E-state index contributed by atoms with van der Waals surface area (Å²) in [5.74, 6) is 0.727. The number of hydrogen-bond donors (Lipinski definition) is 0. The van der Waals surface area contributed by atoms with Gasteiger partial charge in [-0.3, -0.25) is 4.90 Å². The summed E-state index contributed by atoms with van der Waals surface area (Å²) >= 11 is 0. The monoisotopic (exact) mass is 243 g/mol. The van der Waals surface area contributed by atoms with Gasteiger partial charge in [0.25, 0.3) is 0 Å². The van der Waals surface area contributed by atoms with E-state index in [2.05, 4.69) is 0 Å². The van der Waals surface area contributed by atoms with Crippen molar-refractivity contribution in [3.8, 4) is 11.3 Å². The Kier molecular flexibility index (Phi) is 2.55. The van der Waals surface area contributed by atoms with Crippen molar-refractivity contribution in [1.29, 1.82) is 0 Å². The van der Waals surface area contributed by atoms with E-state index in [0.29, 0.717) is 13.2 Å². The van der Waals surface area contributed by atoms with Gasteiger partial charge in [0.05, 0.1) is 25.1 Å². The SMILES string of the molecule is CCOC(=O)N1Cc2ccccc2-c2occc21. The Morgan fingerprint density at radius 3 is 3.06 bits per heavy atom. The van der Waals surface area contributed by atoms with Gasteiger partial charge in [-0.2, -0.15) is 0 Å². The second-order valence-electron chi connectivity index (χ2n) is 4.08. The van der Waals surface area contributed by atoms with Crippen molar-refractivity contribution in [2.45, 2.75) is 13.5 Å². The summed E-state index contributed by atoms with van der Waals surface area (Å²) in [5.41, 5.74) is 2.87. The molecule has 1 aliphatic rings. The van der Waals surface area contributed by atoms with E-state index in [4.69, 9.17) is 9.15 Å². The second kappa shape index (κ2) is 4.22. The molecule has 0 saturated carbocycles. The van der Waals surface area contributed by atoms with E-state index < -0.39 is 0 Å². The van der Waals surface area contributed by atoms with Gasteiger partial charge in [-0.05, 0) is 12.5 Å². The summed E-state index contributed by atoms with van der Waals surface area (Å²) in [6.45, 7) is 2.68. The number of ether oxygens (including phenoxy) is 1. The molecule has 4 heteroatoms. The number of fused-ring (bicyclic) bond motifs is 3. The number of furan rings is 1. The maximum absolute atomic E-state index is 11.9. The summed E-state index contributed by atoms with van der Waals surface area (Å²) < 4.78 is 10.6. The van der Waals surface area contributed by atoms with E-state index in [9.17, 15) is 4.79 Å². The fourth-order valence-corrected chi connectivity index (χ4v) is 2.22. The minimum Gasteiger partial charge on any atom is -0.462 e. The van der Waals surface area contributed by atoms with Crippen molar-refractivity contribution < 1.29 is 13.9 Å². The van der Waals surface area contributed by atoms with Gasteiger partial charge in [-0.15, -0.1) is 0 Å². The van der Waals surface area contributed by atoms with E-state index in [1.165, 1.54) is 0 Å². The Balaban J connectivity index is 2.07. The van der Waals surface area contributed by atoms with E-state index in [0.717, 1.165) is 22.6 Å². The maximum atomic E-state index is 11.9. The molecule has 0 aliphatic carbocycles. The molecule has 0 bridgehead atoms. The lowest BCUT2D eigenvalue weighted by Crippen LogP contribution is -2.33. The van der Waals surface area contributed by atoms with Gasteiger partial charge in [-0.25, -0.2) is 4.79 Å². The maximum Gasteiger partial charge on any atom is 0.414 e. The number of carbonyl (C=O) groups excluding carboxylic acids is 1. The predicted molar refractivity (Wildman–Crippen MR) is 67.3 cm³/mol. The first-order valence-corrected chi connectivity index (χ1v) is 5.91. The van der Waals surface area contributed by atoms with Gasteiger partial charge < -0.3 is 9.15 Å². The first-order chi connectivity index (χ1) is 8.81. The van der Waals surface area contributed by atoms with Crippen LogP contribution in [0.2, 0.25) is 0 Å². The smallest absolute Gasteiger partial charge is 0.414 e. The zero-order valence-electron chi connectivity index (χ0n) is 10.1. The molecule has 0 radical (unpaired) electrons. The third-order valence-corrected chi connectivity index (χ3v) is 3.01. The van der Waals surface area contributed by atoms with E-state index in [1.807, 2.05) is 24.3 Å². The van der Waals surface area contributed by atoms with Crippen LogP contribution >= 0.6 is 0 Å². The first-order valence-electron chi connectivity index (χ1n) is 5.91. The third kappa shape index (κ3) is 1.57. The summed E-state index contributed by atoms with van der Waals surface area (Å²) in [5, 5.41) is 0. The van der Waals surface area contributed by atoms with Crippen LogP contribution in [-0.4, -0.2) is 12.7 Å². The topological polar surface area (TPSA) is 42.7 Å².